The van der Waals surface area contributed by atoms with Gasteiger partial charge in [-0.15, -0.1) is 0 Å². The molecule has 1 atom stereocenters. The van der Waals surface area contributed by atoms with Crippen LogP contribution in [-0.2, 0) is 4.79 Å². The highest BCUT2D eigenvalue weighted by atomic mass is 16.2. The molecule has 0 aromatic carbocycles. The van der Waals surface area contributed by atoms with E-state index in [2.05, 4.69) is 6.07 Å². The summed E-state index contributed by atoms with van der Waals surface area (Å²) in [5, 5.41) is 9.16. The van der Waals surface area contributed by atoms with Gasteiger partial charge in [-0.25, -0.2) is 0 Å². The maximum atomic E-state index is 11.8. The van der Waals surface area contributed by atoms with Gasteiger partial charge in [0.25, 0.3) is 0 Å². The number of nitriles is 1. The fourth-order valence-corrected chi connectivity index (χ4v) is 2.30. The fourth-order valence-electron chi connectivity index (χ4n) is 2.30. The van der Waals surface area contributed by atoms with Crippen molar-refractivity contribution in [3.63, 3.8) is 0 Å². The van der Waals surface area contributed by atoms with Crippen molar-refractivity contribution in [3.8, 4) is 6.07 Å². The first-order valence-corrected chi connectivity index (χ1v) is 5.06. The summed E-state index contributed by atoms with van der Waals surface area (Å²) in [6.07, 6.45) is 2.19. The van der Waals surface area contributed by atoms with Crippen molar-refractivity contribution < 1.29 is 4.79 Å². The third-order valence-corrected chi connectivity index (χ3v) is 2.71. The van der Waals surface area contributed by atoms with Gasteiger partial charge >= 0.3 is 0 Å². The molecule has 0 bridgehead atoms. The number of piperidine rings is 1. The van der Waals surface area contributed by atoms with E-state index in [1.165, 1.54) is 0 Å². The van der Waals surface area contributed by atoms with Gasteiger partial charge in [0.05, 0.1) is 6.07 Å². The Balaban J connectivity index is 3.07. The molecule has 1 aliphatic rings. The molecule has 1 saturated heterocycles. The Morgan fingerprint density at radius 3 is 2.43 bits per heavy atom. The average Bonchev–Trinajstić information content (AvgIpc) is 2.01. The lowest BCUT2D eigenvalue weighted by molar-refractivity contribution is -0.145. The van der Waals surface area contributed by atoms with Crippen LogP contribution >= 0.6 is 0 Å². The van der Waals surface area contributed by atoms with Crippen molar-refractivity contribution in [2.24, 2.45) is 0 Å². The maximum Gasteiger partial charge on any atom is 0.224 e. The third kappa shape index (κ3) is 1.75. The molecule has 1 amide bonds. The fraction of sp³-hybridized carbons (Fsp3) is 0.818. The van der Waals surface area contributed by atoms with Crippen LogP contribution in [0, 0.1) is 11.3 Å². The van der Waals surface area contributed by atoms with Crippen LogP contribution < -0.4 is 0 Å². The molecule has 0 aromatic rings. The summed E-state index contributed by atoms with van der Waals surface area (Å²) in [6, 6.07) is 2.27. The predicted molar refractivity (Wildman–Crippen MR) is 54.5 cm³/mol. The minimum atomic E-state index is -0.617. The van der Waals surface area contributed by atoms with E-state index < -0.39 is 5.54 Å². The highest BCUT2D eigenvalue weighted by Gasteiger charge is 2.44. The quantitative estimate of drug-likeness (QED) is 0.592. The Morgan fingerprint density at radius 2 is 2.07 bits per heavy atom. The molecule has 1 rings (SSSR count). The van der Waals surface area contributed by atoms with Crippen LogP contribution in [0.1, 0.15) is 47.0 Å². The lowest BCUT2D eigenvalue weighted by Gasteiger charge is -2.47. The minimum Gasteiger partial charge on any atom is -0.319 e. The SMILES string of the molecule is CC(C)(C)N1C(=O)CCC[C@]1(C)C#N. The molecule has 1 heterocycles. The molecule has 0 N–H and O–H groups in total. The van der Waals surface area contributed by atoms with Crippen LogP contribution in [0.25, 0.3) is 0 Å². The number of carbonyl (C=O) groups is 1. The molecular formula is C11H18N2O. The van der Waals surface area contributed by atoms with E-state index in [1.54, 1.807) is 4.90 Å². The van der Waals surface area contributed by atoms with Crippen LogP contribution in [0.4, 0.5) is 0 Å². The molecule has 3 nitrogen and oxygen atoms in total. The summed E-state index contributed by atoms with van der Waals surface area (Å²) in [6.45, 7) is 7.79. The zero-order valence-corrected chi connectivity index (χ0v) is 9.42. The van der Waals surface area contributed by atoms with Crippen molar-refractivity contribution >= 4 is 5.91 Å². The Bertz CT molecular complexity index is 285. The van der Waals surface area contributed by atoms with Gasteiger partial charge in [0, 0.05) is 12.0 Å². The van der Waals surface area contributed by atoms with Crippen molar-refractivity contribution in [2.45, 2.75) is 58.0 Å². The number of nitrogens with zero attached hydrogens (tertiary/aromatic N) is 2. The van der Waals surface area contributed by atoms with Crippen molar-refractivity contribution in [1.29, 1.82) is 5.26 Å². The normalized spacial score (nSPS) is 28.8. The lowest BCUT2D eigenvalue weighted by Crippen LogP contribution is -2.59. The van der Waals surface area contributed by atoms with Gasteiger partial charge in [-0.1, -0.05) is 0 Å². The summed E-state index contributed by atoms with van der Waals surface area (Å²) in [5.41, 5.74) is -0.879. The van der Waals surface area contributed by atoms with E-state index in [0.717, 1.165) is 12.8 Å². The maximum absolute atomic E-state index is 11.8. The van der Waals surface area contributed by atoms with E-state index in [9.17, 15) is 4.79 Å². The summed E-state index contributed by atoms with van der Waals surface area (Å²) in [4.78, 5) is 13.5. The van der Waals surface area contributed by atoms with Gasteiger partial charge in [-0.3, -0.25) is 4.79 Å². The molecule has 0 saturated carbocycles. The molecule has 14 heavy (non-hydrogen) atoms. The zero-order chi connectivity index (χ0) is 11.0. The minimum absolute atomic E-state index is 0.104. The number of likely N-dealkylation sites (tertiary alicyclic amines) is 1. The van der Waals surface area contributed by atoms with Crippen LogP contribution in [0.15, 0.2) is 0 Å². The topological polar surface area (TPSA) is 44.1 Å². The Hall–Kier alpha value is -1.04. The number of rotatable bonds is 0. The Kier molecular flexibility index (Phi) is 2.58. The standard InChI is InChI=1S/C11H18N2O/c1-10(2,3)13-9(14)6-5-7-11(13,4)8-12/h5-7H2,1-4H3/t11-/m1/s1. The van der Waals surface area contributed by atoms with E-state index >= 15 is 0 Å². The molecule has 78 valence electrons. The second kappa shape index (κ2) is 3.27. The van der Waals surface area contributed by atoms with Gasteiger partial charge in [-0.2, -0.15) is 5.26 Å². The number of carbonyl (C=O) groups excluding carboxylic acids is 1. The summed E-state index contributed by atoms with van der Waals surface area (Å²) in [7, 11) is 0. The highest BCUT2D eigenvalue weighted by Crippen LogP contribution is 2.34. The van der Waals surface area contributed by atoms with Gasteiger partial charge < -0.3 is 4.90 Å². The van der Waals surface area contributed by atoms with Crippen molar-refractivity contribution in [1.82, 2.24) is 4.90 Å². The second-order valence-corrected chi connectivity index (χ2v) is 5.14. The molecule has 0 unspecified atom stereocenters. The van der Waals surface area contributed by atoms with Crippen LogP contribution in [-0.4, -0.2) is 21.9 Å². The summed E-state index contributed by atoms with van der Waals surface area (Å²) in [5.74, 6) is 0.104. The first-order valence-electron chi connectivity index (χ1n) is 5.06. The van der Waals surface area contributed by atoms with Gasteiger partial charge in [0.1, 0.15) is 5.54 Å². The Labute approximate surface area is 85.7 Å². The molecule has 0 aromatic heterocycles. The summed E-state index contributed by atoms with van der Waals surface area (Å²) < 4.78 is 0. The largest absolute Gasteiger partial charge is 0.319 e. The van der Waals surface area contributed by atoms with E-state index in [-0.39, 0.29) is 11.4 Å². The molecule has 0 radical (unpaired) electrons. The summed E-state index contributed by atoms with van der Waals surface area (Å²) >= 11 is 0. The van der Waals surface area contributed by atoms with E-state index in [1.807, 2.05) is 27.7 Å². The Morgan fingerprint density at radius 1 is 1.50 bits per heavy atom. The molecule has 0 aliphatic carbocycles. The lowest BCUT2D eigenvalue weighted by atomic mass is 9.85. The van der Waals surface area contributed by atoms with Gasteiger partial charge in [0.2, 0.25) is 5.91 Å². The number of amides is 1. The van der Waals surface area contributed by atoms with E-state index in [4.69, 9.17) is 5.26 Å². The van der Waals surface area contributed by atoms with Crippen LogP contribution in [0.2, 0.25) is 0 Å². The number of hydrogen-bond donors (Lipinski definition) is 0. The average molecular weight is 194 g/mol. The van der Waals surface area contributed by atoms with Crippen molar-refractivity contribution in [2.75, 3.05) is 0 Å². The third-order valence-electron chi connectivity index (χ3n) is 2.71. The zero-order valence-electron chi connectivity index (χ0n) is 9.42. The first-order chi connectivity index (χ1) is 6.31. The second-order valence-electron chi connectivity index (χ2n) is 5.14. The molecule has 1 fully saturated rings. The predicted octanol–water partition coefficient (Wildman–Crippen LogP) is 2.08. The first kappa shape index (κ1) is 11.0. The number of hydrogen-bond acceptors (Lipinski definition) is 2. The molecule has 0 spiro atoms. The monoisotopic (exact) mass is 194 g/mol. The van der Waals surface area contributed by atoms with E-state index in [0.29, 0.717) is 6.42 Å². The molecule has 3 heteroatoms. The van der Waals surface area contributed by atoms with Gasteiger partial charge in [-0.05, 0) is 40.5 Å². The van der Waals surface area contributed by atoms with Crippen molar-refractivity contribution in [3.05, 3.63) is 0 Å². The van der Waals surface area contributed by atoms with Gasteiger partial charge in [0.15, 0.2) is 0 Å². The molecule has 1 aliphatic heterocycles. The smallest absolute Gasteiger partial charge is 0.224 e. The van der Waals surface area contributed by atoms with Crippen LogP contribution in [0.5, 0.6) is 0 Å². The highest BCUT2D eigenvalue weighted by molar-refractivity contribution is 5.79. The van der Waals surface area contributed by atoms with Crippen LogP contribution in [0.3, 0.4) is 0 Å². The molecular weight excluding hydrogens is 176 g/mol.